The van der Waals surface area contributed by atoms with Gasteiger partial charge in [0, 0.05) is 25.6 Å². The Morgan fingerprint density at radius 3 is 2.57 bits per heavy atom. The van der Waals surface area contributed by atoms with Crippen LogP contribution in [0.5, 0.6) is 0 Å². The minimum absolute atomic E-state index is 0.0288. The van der Waals surface area contributed by atoms with Crippen LogP contribution in [-0.2, 0) is 16.0 Å². The Morgan fingerprint density at radius 1 is 1.13 bits per heavy atom. The molecule has 0 spiro atoms. The van der Waals surface area contributed by atoms with Crippen LogP contribution >= 0.6 is 0 Å². The van der Waals surface area contributed by atoms with E-state index in [0.717, 1.165) is 36.0 Å². The molecule has 2 aromatic carbocycles. The van der Waals surface area contributed by atoms with Crippen molar-refractivity contribution in [3.8, 4) is 11.1 Å². The maximum Gasteiger partial charge on any atom is 0.228 e. The summed E-state index contributed by atoms with van der Waals surface area (Å²) in [6, 6.07) is 14.5. The van der Waals surface area contributed by atoms with Crippen LogP contribution in [0.25, 0.3) is 11.1 Å². The van der Waals surface area contributed by atoms with Gasteiger partial charge in [-0.3, -0.25) is 9.59 Å². The van der Waals surface area contributed by atoms with Gasteiger partial charge < -0.3 is 10.2 Å². The molecule has 2 aliphatic rings. The number of nitrogens with one attached hydrogen (secondary N) is 1. The number of amides is 2. The van der Waals surface area contributed by atoms with E-state index in [1.54, 1.807) is 12.1 Å². The molecule has 1 heterocycles. The fraction of sp³-hybridized carbons (Fsp3) is 0.440. The highest BCUT2D eigenvalue weighted by Gasteiger charge is 2.47. The minimum Gasteiger partial charge on any atom is -0.356 e. The second kappa shape index (κ2) is 8.58. The van der Waals surface area contributed by atoms with Crippen molar-refractivity contribution < 1.29 is 14.0 Å². The molecular formula is C25H29FN2O2. The third-order valence-electron chi connectivity index (χ3n) is 6.59. The molecule has 5 heteroatoms. The molecule has 1 saturated carbocycles. The standard InChI is InChI=1S/C25H29FN2O2/c1-2-27-24(30)25(13-14-28(17-25)23(29)20-6-4-7-20)16-18-5-3-8-21(15-18)19-9-11-22(26)12-10-19/h3,5,8-12,15,20H,2,4,6-7,13-14,16-17H2,1H3,(H,27,30)/t25-/m0/s1. The Labute approximate surface area is 177 Å². The largest absolute Gasteiger partial charge is 0.356 e. The number of rotatable bonds is 6. The Kier molecular flexibility index (Phi) is 5.89. The molecule has 0 aromatic heterocycles. The number of nitrogens with zero attached hydrogens (tertiary/aromatic N) is 1. The van der Waals surface area contributed by atoms with E-state index in [1.807, 2.05) is 30.0 Å². The van der Waals surface area contributed by atoms with Crippen LogP contribution in [-0.4, -0.2) is 36.3 Å². The summed E-state index contributed by atoms with van der Waals surface area (Å²) in [7, 11) is 0. The quantitative estimate of drug-likeness (QED) is 0.779. The lowest BCUT2D eigenvalue weighted by Crippen LogP contribution is -2.46. The highest BCUT2D eigenvalue weighted by Crippen LogP contribution is 2.38. The number of benzene rings is 2. The maximum atomic E-state index is 13.3. The minimum atomic E-state index is -0.600. The molecule has 0 unspecified atom stereocenters. The Balaban J connectivity index is 1.57. The lowest BCUT2D eigenvalue weighted by Gasteiger charge is -2.32. The van der Waals surface area contributed by atoms with Crippen LogP contribution in [0.15, 0.2) is 48.5 Å². The van der Waals surface area contributed by atoms with Crippen molar-refractivity contribution in [1.29, 1.82) is 0 Å². The summed E-state index contributed by atoms with van der Waals surface area (Å²) in [5, 5.41) is 3.00. The monoisotopic (exact) mass is 408 g/mol. The average Bonchev–Trinajstić information content (AvgIpc) is 3.13. The number of carbonyl (C=O) groups is 2. The van der Waals surface area contributed by atoms with Gasteiger partial charge >= 0.3 is 0 Å². The van der Waals surface area contributed by atoms with Crippen LogP contribution in [0.2, 0.25) is 0 Å². The lowest BCUT2D eigenvalue weighted by atomic mass is 9.79. The summed E-state index contributed by atoms with van der Waals surface area (Å²) in [5.41, 5.74) is 2.40. The molecule has 0 radical (unpaired) electrons. The molecule has 1 aliphatic heterocycles. The molecule has 2 fully saturated rings. The van der Waals surface area contributed by atoms with Crippen LogP contribution in [0, 0.1) is 17.2 Å². The van der Waals surface area contributed by atoms with Gasteiger partial charge in [-0.05, 0) is 61.4 Å². The Hall–Kier alpha value is -2.69. The van der Waals surface area contributed by atoms with E-state index in [9.17, 15) is 14.0 Å². The van der Waals surface area contributed by atoms with Gasteiger partial charge in [-0.25, -0.2) is 4.39 Å². The van der Waals surface area contributed by atoms with Gasteiger partial charge in [0.2, 0.25) is 11.8 Å². The first-order valence-corrected chi connectivity index (χ1v) is 10.9. The number of carbonyl (C=O) groups excluding carboxylic acids is 2. The third-order valence-corrected chi connectivity index (χ3v) is 6.59. The molecule has 2 aromatic rings. The van der Waals surface area contributed by atoms with E-state index >= 15 is 0 Å². The molecule has 1 saturated heterocycles. The molecule has 4 rings (SSSR count). The molecule has 4 nitrogen and oxygen atoms in total. The number of likely N-dealkylation sites (tertiary alicyclic amines) is 1. The fourth-order valence-electron chi connectivity index (χ4n) is 4.63. The van der Waals surface area contributed by atoms with Crippen molar-refractivity contribution in [3.05, 3.63) is 59.9 Å². The normalized spacial score (nSPS) is 21.3. The highest BCUT2D eigenvalue weighted by atomic mass is 19.1. The first-order chi connectivity index (χ1) is 14.5. The number of halogens is 1. The predicted molar refractivity (Wildman–Crippen MR) is 115 cm³/mol. The van der Waals surface area contributed by atoms with E-state index in [1.165, 1.54) is 12.1 Å². The lowest BCUT2D eigenvalue weighted by molar-refractivity contribution is -0.138. The molecule has 158 valence electrons. The summed E-state index contributed by atoms with van der Waals surface area (Å²) in [4.78, 5) is 27.8. The fourth-order valence-corrected chi connectivity index (χ4v) is 4.63. The molecule has 0 bridgehead atoms. The molecule has 30 heavy (non-hydrogen) atoms. The topological polar surface area (TPSA) is 49.4 Å². The first-order valence-electron chi connectivity index (χ1n) is 10.9. The zero-order valence-electron chi connectivity index (χ0n) is 17.5. The second-order valence-electron chi connectivity index (χ2n) is 8.66. The maximum absolute atomic E-state index is 13.3. The Bertz CT molecular complexity index is 923. The van der Waals surface area contributed by atoms with E-state index in [-0.39, 0.29) is 23.5 Å². The summed E-state index contributed by atoms with van der Waals surface area (Å²) >= 11 is 0. The van der Waals surface area contributed by atoms with Gasteiger partial charge in [-0.2, -0.15) is 0 Å². The summed E-state index contributed by atoms with van der Waals surface area (Å²) < 4.78 is 13.3. The van der Waals surface area contributed by atoms with Gasteiger partial charge in [0.1, 0.15) is 5.82 Å². The molecular weight excluding hydrogens is 379 g/mol. The van der Waals surface area contributed by atoms with E-state index in [4.69, 9.17) is 0 Å². The zero-order chi connectivity index (χ0) is 21.1. The zero-order valence-corrected chi connectivity index (χ0v) is 17.5. The van der Waals surface area contributed by atoms with Gasteiger partial charge in [-0.15, -0.1) is 0 Å². The van der Waals surface area contributed by atoms with Crippen LogP contribution in [0.3, 0.4) is 0 Å². The van der Waals surface area contributed by atoms with E-state index < -0.39 is 5.41 Å². The highest BCUT2D eigenvalue weighted by molar-refractivity contribution is 5.86. The van der Waals surface area contributed by atoms with Crippen molar-refractivity contribution >= 4 is 11.8 Å². The summed E-state index contributed by atoms with van der Waals surface area (Å²) in [5.74, 6) is 0.137. The van der Waals surface area contributed by atoms with Crippen LogP contribution in [0.4, 0.5) is 4.39 Å². The van der Waals surface area contributed by atoms with Crippen molar-refractivity contribution in [3.63, 3.8) is 0 Å². The van der Waals surface area contributed by atoms with Gasteiger partial charge in [0.25, 0.3) is 0 Å². The predicted octanol–water partition coefficient (Wildman–Crippen LogP) is 4.19. The average molecular weight is 409 g/mol. The van der Waals surface area contributed by atoms with Crippen LogP contribution < -0.4 is 5.32 Å². The Morgan fingerprint density at radius 2 is 1.90 bits per heavy atom. The number of hydrogen-bond acceptors (Lipinski definition) is 2. The van der Waals surface area contributed by atoms with Crippen LogP contribution in [0.1, 0.15) is 38.2 Å². The second-order valence-corrected chi connectivity index (χ2v) is 8.66. The van der Waals surface area contributed by atoms with Gasteiger partial charge in [0.05, 0.1) is 5.41 Å². The van der Waals surface area contributed by atoms with Gasteiger partial charge in [0.15, 0.2) is 0 Å². The summed E-state index contributed by atoms with van der Waals surface area (Å²) in [6.07, 6.45) is 4.34. The molecule has 1 aliphatic carbocycles. The smallest absolute Gasteiger partial charge is 0.228 e. The first kappa shape index (κ1) is 20.6. The van der Waals surface area contributed by atoms with E-state index in [2.05, 4.69) is 11.4 Å². The van der Waals surface area contributed by atoms with E-state index in [0.29, 0.717) is 32.5 Å². The molecule has 1 atom stereocenters. The van der Waals surface area contributed by atoms with Crippen molar-refractivity contribution in [1.82, 2.24) is 10.2 Å². The third kappa shape index (κ3) is 4.11. The number of hydrogen-bond donors (Lipinski definition) is 1. The molecule has 1 N–H and O–H groups in total. The molecule has 2 amide bonds. The summed E-state index contributed by atoms with van der Waals surface area (Å²) in [6.45, 7) is 3.62. The van der Waals surface area contributed by atoms with Gasteiger partial charge in [-0.1, -0.05) is 42.8 Å². The van der Waals surface area contributed by atoms with Crippen molar-refractivity contribution in [2.75, 3.05) is 19.6 Å². The van der Waals surface area contributed by atoms with Crippen molar-refractivity contribution in [2.45, 2.75) is 39.0 Å². The SMILES string of the molecule is CCNC(=O)[C@]1(Cc2cccc(-c3ccc(F)cc3)c2)CCN(C(=O)C2CCC2)C1. The van der Waals surface area contributed by atoms with Crippen molar-refractivity contribution in [2.24, 2.45) is 11.3 Å².